The van der Waals surface area contributed by atoms with Crippen LogP contribution in [-0.2, 0) is 0 Å². The molecule has 0 radical (unpaired) electrons. The van der Waals surface area contributed by atoms with Gasteiger partial charge in [0.25, 0.3) is 6.08 Å². The average molecular weight is 164 g/mol. The highest BCUT2D eigenvalue weighted by Gasteiger charge is 1.91. The van der Waals surface area contributed by atoms with Gasteiger partial charge in [0.2, 0.25) is 0 Å². The second-order valence-corrected chi connectivity index (χ2v) is 2.20. The van der Waals surface area contributed by atoms with Crippen LogP contribution in [-0.4, -0.2) is 0 Å². The van der Waals surface area contributed by atoms with Gasteiger partial charge in [0, 0.05) is 11.6 Å². The van der Waals surface area contributed by atoms with E-state index >= 15 is 0 Å². The third-order valence-electron chi connectivity index (χ3n) is 1.35. The van der Waals surface area contributed by atoms with Crippen molar-refractivity contribution >= 4 is 6.08 Å². The number of terminal acetylenes is 1. The Bertz CT molecular complexity index is 324. The molecule has 1 aromatic rings. The highest BCUT2D eigenvalue weighted by Crippen LogP contribution is 2.09. The van der Waals surface area contributed by atoms with E-state index in [0.717, 1.165) is 6.08 Å². The molecule has 0 unspecified atom stereocenters. The third kappa shape index (κ3) is 2.21. The van der Waals surface area contributed by atoms with Crippen LogP contribution in [0, 0.1) is 12.3 Å². The Morgan fingerprint density at radius 3 is 2.25 bits per heavy atom. The minimum absolute atomic E-state index is 0.453. The molecule has 0 N–H and O–H groups in total. The fourth-order valence-electron chi connectivity index (χ4n) is 0.802. The van der Waals surface area contributed by atoms with Crippen molar-refractivity contribution in [2.75, 3.05) is 0 Å². The molecule has 0 aliphatic rings. The molecule has 0 amide bonds. The molecule has 1 rings (SSSR count). The summed E-state index contributed by atoms with van der Waals surface area (Å²) in [5.74, 6) is 2.40. The minimum Gasteiger partial charge on any atom is -0.173 e. The molecule has 0 heterocycles. The predicted octanol–water partition coefficient (Wildman–Crippen LogP) is 2.91. The van der Waals surface area contributed by atoms with Crippen LogP contribution in [0.1, 0.15) is 11.1 Å². The van der Waals surface area contributed by atoms with Gasteiger partial charge in [-0.05, 0) is 17.7 Å². The SMILES string of the molecule is C#Cc1ccc(C=C(F)F)cc1. The van der Waals surface area contributed by atoms with E-state index in [4.69, 9.17) is 6.42 Å². The second-order valence-electron chi connectivity index (χ2n) is 2.20. The molecule has 0 aliphatic carbocycles. The van der Waals surface area contributed by atoms with Crippen LogP contribution in [0.2, 0.25) is 0 Å². The van der Waals surface area contributed by atoms with E-state index in [2.05, 4.69) is 5.92 Å². The van der Waals surface area contributed by atoms with Crippen LogP contribution in [0.5, 0.6) is 0 Å². The highest BCUT2D eigenvalue weighted by molar-refractivity contribution is 5.51. The first-order valence-corrected chi connectivity index (χ1v) is 3.32. The monoisotopic (exact) mass is 164 g/mol. The van der Waals surface area contributed by atoms with Crippen LogP contribution >= 0.6 is 0 Å². The van der Waals surface area contributed by atoms with Crippen LogP contribution in [0.4, 0.5) is 8.78 Å². The van der Waals surface area contributed by atoms with Crippen LogP contribution in [0.15, 0.2) is 30.3 Å². The molecular formula is C10H6F2. The summed E-state index contributed by atoms with van der Waals surface area (Å²) < 4.78 is 23.4. The maximum atomic E-state index is 11.7. The standard InChI is InChI=1S/C10H6F2/c1-2-8-3-5-9(6-4-8)7-10(11)12/h1,3-7H. The van der Waals surface area contributed by atoms with E-state index in [0.29, 0.717) is 11.1 Å². The molecule has 0 saturated heterocycles. The maximum Gasteiger partial charge on any atom is 0.270 e. The van der Waals surface area contributed by atoms with E-state index < -0.39 is 6.08 Å². The lowest BCUT2D eigenvalue weighted by molar-refractivity contribution is 0.429. The van der Waals surface area contributed by atoms with E-state index in [1.54, 1.807) is 24.3 Å². The van der Waals surface area contributed by atoms with Crippen molar-refractivity contribution in [3.05, 3.63) is 41.5 Å². The van der Waals surface area contributed by atoms with E-state index in [-0.39, 0.29) is 0 Å². The molecular weight excluding hydrogens is 158 g/mol. The Morgan fingerprint density at radius 2 is 1.83 bits per heavy atom. The van der Waals surface area contributed by atoms with Crippen LogP contribution in [0.3, 0.4) is 0 Å². The number of hydrogen-bond donors (Lipinski definition) is 0. The topological polar surface area (TPSA) is 0 Å². The Balaban J connectivity index is 2.95. The summed E-state index contributed by atoms with van der Waals surface area (Å²) in [5.41, 5.74) is 1.14. The zero-order valence-corrected chi connectivity index (χ0v) is 6.22. The quantitative estimate of drug-likeness (QED) is 0.560. The van der Waals surface area contributed by atoms with Gasteiger partial charge in [0.1, 0.15) is 0 Å². The molecule has 0 atom stereocenters. The van der Waals surface area contributed by atoms with Crippen molar-refractivity contribution < 1.29 is 8.78 Å². The molecule has 12 heavy (non-hydrogen) atoms. The van der Waals surface area contributed by atoms with Crippen molar-refractivity contribution in [3.8, 4) is 12.3 Å². The van der Waals surface area contributed by atoms with Gasteiger partial charge >= 0.3 is 0 Å². The summed E-state index contributed by atoms with van der Waals surface area (Å²) in [5, 5.41) is 0. The maximum absolute atomic E-state index is 11.7. The van der Waals surface area contributed by atoms with Crippen molar-refractivity contribution in [2.24, 2.45) is 0 Å². The molecule has 1 aromatic carbocycles. The number of rotatable bonds is 1. The van der Waals surface area contributed by atoms with Gasteiger partial charge in [-0.3, -0.25) is 0 Å². The molecule has 60 valence electrons. The van der Waals surface area contributed by atoms with Crippen molar-refractivity contribution in [1.82, 2.24) is 0 Å². The highest BCUT2D eigenvalue weighted by atomic mass is 19.3. The fourth-order valence-corrected chi connectivity index (χ4v) is 0.802. The smallest absolute Gasteiger partial charge is 0.173 e. The van der Waals surface area contributed by atoms with Crippen molar-refractivity contribution in [3.63, 3.8) is 0 Å². The fraction of sp³-hybridized carbons (Fsp3) is 0. The Morgan fingerprint density at radius 1 is 1.25 bits per heavy atom. The number of hydrogen-bond acceptors (Lipinski definition) is 0. The summed E-state index contributed by atoms with van der Waals surface area (Å²) in [6.45, 7) is 0. The van der Waals surface area contributed by atoms with Gasteiger partial charge in [0.05, 0.1) is 0 Å². The Labute approximate surface area is 69.5 Å². The predicted molar refractivity (Wildman–Crippen MR) is 44.6 cm³/mol. The lowest BCUT2D eigenvalue weighted by Gasteiger charge is -1.92. The summed E-state index contributed by atoms with van der Waals surface area (Å²) in [6, 6.07) is 6.34. The zero-order valence-electron chi connectivity index (χ0n) is 6.22. The molecule has 2 heteroatoms. The van der Waals surface area contributed by atoms with Gasteiger partial charge in [0.15, 0.2) is 0 Å². The third-order valence-corrected chi connectivity index (χ3v) is 1.35. The summed E-state index contributed by atoms with van der Waals surface area (Å²) in [6.07, 6.45) is 4.17. The van der Waals surface area contributed by atoms with E-state index in [9.17, 15) is 8.78 Å². The molecule has 0 saturated carbocycles. The first-order chi connectivity index (χ1) is 5.72. The second kappa shape index (κ2) is 3.68. The molecule has 0 spiro atoms. The van der Waals surface area contributed by atoms with Crippen LogP contribution < -0.4 is 0 Å². The number of halogens is 2. The zero-order chi connectivity index (χ0) is 8.97. The molecule has 0 fully saturated rings. The molecule has 0 aliphatic heterocycles. The van der Waals surface area contributed by atoms with Crippen LogP contribution in [0.25, 0.3) is 6.08 Å². The van der Waals surface area contributed by atoms with Gasteiger partial charge in [-0.1, -0.05) is 18.1 Å². The lowest BCUT2D eigenvalue weighted by Crippen LogP contribution is -1.74. The van der Waals surface area contributed by atoms with Gasteiger partial charge in [-0.25, -0.2) is 0 Å². The molecule has 0 aromatic heterocycles. The average Bonchev–Trinajstić information content (AvgIpc) is 2.05. The first kappa shape index (κ1) is 8.48. The Kier molecular flexibility index (Phi) is 2.60. The van der Waals surface area contributed by atoms with Gasteiger partial charge < -0.3 is 0 Å². The largest absolute Gasteiger partial charge is 0.270 e. The Hall–Kier alpha value is -1.62. The van der Waals surface area contributed by atoms with E-state index in [1.165, 1.54) is 0 Å². The van der Waals surface area contributed by atoms with Gasteiger partial charge in [-0.15, -0.1) is 6.42 Å². The van der Waals surface area contributed by atoms with Crippen molar-refractivity contribution in [1.29, 1.82) is 0 Å². The first-order valence-electron chi connectivity index (χ1n) is 3.32. The summed E-state index contributed by atoms with van der Waals surface area (Å²) in [4.78, 5) is 0. The summed E-state index contributed by atoms with van der Waals surface area (Å²) in [7, 11) is 0. The lowest BCUT2D eigenvalue weighted by atomic mass is 10.1. The minimum atomic E-state index is -1.71. The van der Waals surface area contributed by atoms with Gasteiger partial charge in [-0.2, -0.15) is 8.78 Å². The van der Waals surface area contributed by atoms with E-state index in [1.807, 2.05) is 0 Å². The normalized spacial score (nSPS) is 8.75. The van der Waals surface area contributed by atoms with Crippen molar-refractivity contribution in [2.45, 2.75) is 0 Å². The molecule has 0 nitrogen and oxygen atoms in total. The molecule has 0 bridgehead atoms. The number of benzene rings is 1. The summed E-state index contributed by atoms with van der Waals surface area (Å²) >= 11 is 0.